The first-order valence-corrected chi connectivity index (χ1v) is 8.12. The number of rotatable bonds is 3. The summed E-state index contributed by atoms with van der Waals surface area (Å²) < 4.78 is 27.6. The van der Waals surface area contributed by atoms with Gasteiger partial charge < -0.3 is 9.79 Å². The van der Waals surface area contributed by atoms with Crippen LogP contribution in [-0.4, -0.2) is 9.79 Å². The molecule has 0 saturated carbocycles. The number of benzene rings is 2. The first-order chi connectivity index (χ1) is 8.82. The van der Waals surface area contributed by atoms with Crippen molar-refractivity contribution in [1.82, 2.24) is 0 Å². The predicted octanol–water partition coefficient (Wildman–Crippen LogP) is 3.70. The van der Waals surface area contributed by atoms with E-state index in [9.17, 15) is 8.78 Å². The third-order valence-corrected chi connectivity index (χ3v) is 4.36. The second-order valence-electron chi connectivity index (χ2n) is 4.03. The summed E-state index contributed by atoms with van der Waals surface area (Å²) in [6, 6.07) is 14.5. The molecule has 19 heavy (non-hydrogen) atoms. The van der Waals surface area contributed by atoms with Crippen LogP contribution < -0.4 is 0 Å². The van der Waals surface area contributed by atoms with Crippen molar-refractivity contribution >= 4 is 18.3 Å². The van der Waals surface area contributed by atoms with Crippen LogP contribution in [0.3, 0.4) is 0 Å². The van der Waals surface area contributed by atoms with E-state index in [1.807, 2.05) is 6.07 Å². The van der Waals surface area contributed by atoms with E-state index >= 15 is 0 Å². The van der Waals surface area contributed by atoms with Crippen molar-refractivity contribution in [1.29, 1.82) is 0 Å². The Bertz CT molecular complexity index is 626. The molecular formula is C13H11F2O2PS. The zero-order valence-electron chi connectivity index (χ0n) is 9.70. The van der Waals surface area contributed by atoms with Crippen molar-refractivity contribution in [3.63, 3.8) is 0 Å². The average molecular weight is 300 g/mol. The molecule has 0 fully saturated rings. The molecule has 6 heteroatoms. The molecule has 0 unspecified atom stereocenters. The van der Waals surface area contributed by atoms with E-state index in [-0.39, 0.29) is 0 Å². The van der Waals surface area contributed by atoms with E-state index in [1.165, 1.54) is 12.1 Å². The fourth-order valence-corrected chi connectivity index (χ4v) is 2.48. The highest BCUT2D eigenvalue weighted by atomic mass is 32.5. The standard InChI is InChI=1S/C13H11F2O2PS/c14-13(15,18(16,17)19)12-8-4-7-11(9-12)10-5-2-1-3-6-10/h1-9H,(H2,16,17,19). The van der Waals surface area contributed by atoms with Crippen molar-refractivity contribution in [2.45, 2.75) is 5.66 Å². The average Bonchev–Trinajstić information content (AvgIpc) is 2.39. The van der Waals surface area contributed by atoms with Gasteiger partial charge in [-0.1, -0.05) is 48.5 Å². The zero-order chi connectivity index (χ0) is 14.1. The Labute approximate surface area is 114 Å². The normalized spacial score (nSPS) is 12.4. The molecule has 0 radical (unpaired) electrons. The molecule has 100 valence electrons. The molecule has 0 aliphatic carbocycles. The summed E-state index contributed by atoms with van der Waals surface area (Å²) in [5.74, 6) is 0. The van der Waals surface area contributed by atoms with Crippen molar-refractivity contribution in [2.24, 2.45) is 0 Å². The second kappa shape index (κ2) is 5.10. The lowest BCUT2D eigenvalue weighted by atomic mass is 10.0. The molecule has 0 aromatic heterocycles. The van der Waals surface area contributed by atoms with E-state index in [4.69, 9.17) is 9.79 Å². The molecule has 2 rings (SSSR count). The van der Waals surface area contributed by atoms with Crippen LogP contribution in [0.4, 0.5) is 8.78 Å². The smallest absolute Gasteiger partial charge is 0.341 e. The van der Waals surface area contributed by atoms with E-state index in [0.29, 0.717) is 5.56 Å². The van der Waals surface area contributed by atoms with Crippen LogP contribution in [0.5, 0.6) is 0 Å². The van der Waals surface area contributed by atoms with Gasteiger partial charge in [-0.15, -0.1) is 0 Å². The van der Waals surface area contributed by atoms with Crippen LogP contribution in [0, 0.1) is 0 Å². The third kappa shape index (κ3) is 2.90. The van der Waals surface area contributed by atoms with Gasteiger partial charge in [-0.05, 0) is 29.0 Å². The van der Waals surface area contributed by atoms with Crippen molar-refractivity contribution < 1.29 is 18.6 Å². The summed E-state index contributed by atoms with van der Waals surface area (Å²) in [5.41, 5.74) is -2.96. The van der Waals surface area contributed by atoms with Gasteiger partial charge in [0.05, 0.1) is 0 Å². The third-order valence-electron chi connectivity index (χ3n) is 2.68. The van der Waals surface area contributed by atoms with Crippen LogP contribution in [-0.2, 0) is 17.5 Å². The molecule has 0 bridgehead atoms. The number of hydrogen-bond donors (Lipinski definition) is 2. The van der Waals surface area contributed by atoms with Gasteiger partial charge in [0.1, 0.15) is 0 Å². The molecule has 0 atom stereocenters. The van der Waals surface area contributed by atoms with Crippen LogP contribution in [0.25, 0.3) is 11.1 Å². The molecule has 2 aromatic rings. The maximum absolute atomic E-state index is 13.8. The Balaban J connectivity index is 2.50. The number of alkyl halides is 2. The lowest BCUT2D eigenvalue weighted by Gasteiger charge is -2.21. The lowest BCUT2D eigenvalue weighted by Crippen LogP contribution is -2.13. The highest BCUT2D eigenvalue weighted by Gasteiger charge is 2.46. The summed E-state index contributed by atoms with van der Waals surface area (Å²) in [6.45, 7) is -4.70. The van der Waals surface area contributed by atoms with Gasteiger partial charge in [0, 0.05) is 5.56 Å². The van der Waals surface area contributed by atoms with E-state index < -0.39 is 17.7 Å². The highest BCUT2D eigenvalue weighted by molar-refractivity contribution is 8.09. The molecule has 2 aromatic carbocycles. The van der Waals surface area contributed by atoms with Gasteiger partial charge in [0.15, 0.2) is 0 Å². The molecule has 0 amide bonds. The van der Waals surface area contributed by atoms with Gasteiger partial charge in [-0.2, -0.15) is 8.78 Å². The van der Waals surface area contributed by atoms with E-state index in [2.05, 4.69) is 11.8 Å². The SMILES string of the molecule is OP(O)(=S)C(F)(F)c1cccc(-c2ccccc2)c1. The second-order valence-corrected chi connectivity index (χ2v) is 7.21. The molecule has 0 saturated heterocycles. The first kappa shape index (κ1) is 14.3. The minimum absolute atomic E-state index is 0.484. The molecule has 0 aliphatic heterocycles. The Morgan fingerprint density at radius 1 is 0.895 bits per heavy atom. The van der Waals surface area contributed by atoms with Crippen LogP contribution in [0.2, 0.25) is 0 Å². The predicted molar refractivity (Wildman–Crippen MR) is 74.5 cm³/mol. The fourth-order valence-electron chi connectivity index (χ4n) is 1.68. The first-order valence-electron chi connectivity index (χ1n) is 5.42. The maximum atomic E-state index is 13.8. The van der Waals surface area contributed by atoms with Crippen LogP contribution >= 0.6 is 6.49 Å². The Morgan fingerprint density at radius 2 is 1.47 bits per heavy atom. The number of hydrogen-bond acceptors (Lipinski definition) is 1. The molecule has 2 N–H and O–H groups in total. The highest BCUT2D eigenvalue weighted by Crippen LogP contribution is 2.59. The van der Waals surface area contributed by atoms with Gasteiger partial charge in [0.2, 0.25) is 0 Å². The monoisotopic (exact) mass is 300 g/mol. The molecular weight excluding hydrogens is 289 g/mol. The fraction of sp³-hybridized carbons (Fsp3) is 0.0769. The summed E-state index contributed by atoms with van der Waals surface area (Å²) in [4.78, 5) is 18.2. The Hall–Kier alpha value is -1.13. The largest absolute Gasteiger partial charge is 0.345 e. The summed E-state index contributed by atoms with van der Waals surface area (Å²) in [5, 5.41) is 0. The zero-order valence-corrected chi connectivity index (χ0v) is 11.4. The molecule has 2 nitrogen and oxygen atoms in total. The Kier molecular flexibility index (Phi) is 3.83. The van der Waals surface area contributed by atoms with Gasteiger partial charge >= 0.3 is 5.66 Å². The van der Waals surface area contributed by atoms with Crippen molar-refractivity contribution in [3.8, 4) is 11.1 Å². The minimum Gasteiger partial charge on any atom is -0.341 e. The molecule has 0 spiro atoms. The number of halogens is 2. The molecule has 0 aliphatic rings. The quantitative estimate of drug-likeness (QED) is 0.849. The van der Waals surface area contributed by atoms with Crippen molar-refractivity contribution in [2.75, 3.05) is 0 Å². The van der Waals surface area contributed by atoms with Gasteiger partial charge in [-0.25, -0.2) is 0 Å². The summed E-state index contributed by atoms with van der Waals surface area (Å²) >= 11 is 4.14. The van der Waals surface area contributed by atoms with Gasteiger partial charge in [0.25, 0.3) is 6.49 Å². The molecule has 0 heterocycles. The summed E-state index contributed by atoms with van der Waals surface area (Å²) in [6.07, 6.45) is 0. The summed E-state index contributed by atoms with van der Waals surface area (Å²) in [7, 11) is 0. The lowest BCUT2D eigenvalue weighted by molar-refractivity contribution is 0.0720. The van der Waals surface area contributed by atoms with Gasteiger partial charge in [-0.3, -0.25) is 0 Å². The minimum atomic E-state index is -4.70. The van der Waals surface area contributed by atoms with E-state index in [1.54, 1.807) is 30.3 Å². The van der Waals surface area contributed by atoms with Crippen molar-refractivity contribution in [3.05, 3.63) is 60.2 Å². The maximum Gasteiger partial charge on any atom is 0.345 e. The van der Waals surface area contributed by atoms with E-state index in [0.717, 1.165) is 11.6 Å². The van der Waals surface area contributed by atoms with Crippen LogP contribution in [0.15, 0.2) is 54.6 Å². The van der Waals surface area contributed by atoms with Crippen LogP contribution in [0.1, 0.15) is 5.56 Å². The Morgan fingerprint density at radius 3 is 2.05 bits per heavy atom. The topological polar surface area (TPSA) is 40.5 Å².